The third kappa shape index (κ3) is 2.45. The number of hydrogen-bond acceptors (Lipinski definition) is 3. The summed E-state index contributed by atoms with van der Waals surface area (Å²) < 4.78 is 18.4. The zero-order valence-corrected chi connectivity index (χ0v) is 12.2. The minimum absolute atomic E-state index is 0.181. The highest BCUT2D eigenvalue weighted by molar-refractivity contribution is 4.99. The summed E-state index contributed by atoms with van der Waals surface area (Å²) in [6.07, 6.45) is 8.36. The third-order valence-corrected chi connectivity index (χ3v) is 5.31. The second kappa shape index (κ2) is 4.19. The topological polar surface area (TPSA) is 27.7 Å². The maximum Gasteiger partial charge on any atom is 0.168 e. The quantitative estimate of drug-likeness (QED) is 0.768. The van der Waals surface area contributed by atoms with Crippen molar-refractivity contribution in [3.05, 3.63) is 0 Å². The van der Waals surface area contributed by atoms with Crippen LogP contribution in [0.4, 0.5) is 0 Å². The van der Waals surface area contributed by atoms with E-state index in [1.807, 2.05) is 0 Å². The molecule has 3 heteroatoms. The van der Waals surface area contributed by atoms with E-state index in [4.69, 9.17) is 14.2 Å². The molecule has 3 nitrogen and oxygen atoms in total. The smallest absolute Gasteiger partial charge is 0.168 e. The van der Waals surface area contributed by atoms with Gasteiger partial charge in [0.05, 0.1) is 25.4 Å². The van der Waals surface area contributed by atoms with Crippen LogP contribution in [0, 0.1) is 17.3 Å². The third-order valence-electron chi connectivity index (χ3n) is 5.31. The van der Waals surface area contributed by atoms with E-state index in [-0.39, 0.29) is 11.2 Å². The molecule has 108 valence electrons. The molecule has 1 spiro atoms. The largest absolute Gasteiger partial charge is 0.375 e. The van der Waals surface area contributed by atoms with E-state index in [2.05, 4.69) is 13.8 Å². The second-order valence-electron chi connectivity index (χ2n) is 8.01. The Bertz CT molecular complexity index is 335. The van der Waals surface area contributed by atoms with Crippen LogP contribution in [-0.4, -0.2) is 31.2 Å². The fourth-order valence-corrected chi connectivity index (χ4v) is 4.10. The predicted octanol–water partition coefficient (Wildman–Crippen LogP) is 3.12. The molecule has 0 aromatic carbocycles. The lowest BCUT2D eigenvalue weighted by Crippen LogP contribution is -2.46. The lowest BCUT2D eigenvalue weighted by Gasteiger charge is -2.42. The van der Waals surface area contributed by atoms with Crippen LogP contribution >= 0.6 is 0 Å². The second-order valence-corrected chi connectivity index (χ2v) is 8.01. The Hall–Kier alpha value is -0.120. The average molecular weight is 266 g/mol. The van der Waals surface area contributed by atoms with E-state index in [0.29, 0.717) is 12.2 Å². The lowest BCUT2D eigenvalue weighted by atomic mass is 9.94. The highest BCUT2D eigenvalue weighted by Gasteiger charge is 2.54. The molecule has 4 fully saturated rings. The van der Waals surface area contributed by atoms with E-state index in [0.717, 1.165) is 37.9 Å². The molecule has 0 amide bonds. The van der Waals surface area contributed by atoms with Crippen LogP contribution in [0.1, 0.15) is 52.4 Å². The van der Waals surface area contributed by atoms with Crippen molar-refractivity contribution in [2.24, 2.45) is 17.3 Å². The summed E-state index contributed by atoms with van der Waals surface area (Å²) >= 11 is 0. The van der Waals surface area contributed by atoms with E-state index in [1.165, 1.54) is 25.7 Å². The van der Waals surface area contributed by atoms with E-state index in [1.54, 1.807) is 0 Å². The van der Waals surface area contributed by atoms with Gasteiger partial charge in [-0.1, -0.05) is 13.8 Å². The number of fused-ring (bicyclic) bond motifs is 1. The fourth-order valence-electron chi connectivity index (χ4n) is 4.10. The van der Waals surface area contributed by atoms with Gasteiger partial charge in [0.1, 0.15) is 0 Å². The monoisotopic (exact) mass is 266 g/mol. The minimum Gasteiger partial charge on any atom is -0.375 e. The molecule has 4 rings (SSSR count). The van der Waals surface area contributed by atoms with Gasteiger partial charge in [0, 0.05) is 18.3 Å². The van der Waals surface area contributed by atoms with Crippen molar-refractivity contribution in [1.29, 1.82) is 0 Å². The van der Waals surface area contributed by atoms with Gasteiger partial charge in [-0.2, -0.15) is 0 Å². The Morgan fingerprint density at radius 3 is 2.00 bits per heavy atom. The van der Waals surface area contributed by atoms with Gasteiger partial charge in [-0.05, 0) is 37.5 Å². The molecule has 0 aromatic rings. The summed E-state index contributed by atoms with van der Waals surface area (Å²) in [5, 5.41) is 0. The van der Waals surface area contributed by atoms with Gasteiger partial charge in [-0.25, -0.2) is 0 Å². The van der Waals surface area contributed by atoms with Crippen LogP contribution in [0.15, 0.2) is 0 Å². The summed E-state index contributed by atoms with van der Waals surface area (Å²) in [5.74, 6) is 1.30. The van der Waals surface area contributed by atoms with Crippen LogP contribution in [0.25, 0.3) is 0 Å². The summed E-state index contributed by atoms with van der Waals surface area (Å²) in [6.45, 7) is 6.12. The minimum atomic E-state index is -0.241. The molecule has 0 N–H and O–H groups in total. The Morgan fingerprint density at radius 2 is 1.47 bits per heavy atom. The molecule has 0 bridgehead atoms. The SMILES string of the molecule is CC1(C)COC2(CC3CC(OC4CC4)CC3C2)OC1. The first-order valence-corrected chi connectivity index (χ1v) is 7.97. The van der Waals surface area contributed by atoms with Crippen LogP contribution in [0.2, 0.25) is 0 Å². The maximum absolute atomic E-state index is 6.14. The first-order chi connectivity index (χ1) is 9.04. The van der Waals surface area contributed by atoms with E-state index in [9.17, 15) is 0 Å². The molecule has 0 radical (unpaired) electrons. The molecular weight excluding hydrogens is 240 g/mol. The van der Waals surface area contributed by atoms with Gasteiger partial charge in [0.2, 0.25) is 0 Å². The zero-order chi connectivity index (χ0) is 13.1. The Labute approximate surface area is 116 Å². The number of hydrogen-bond donors (Lipinski definition) is 0. The molecule has 3 saturated carbocycles. The maximum atomic E-state index is 6.14. The first kappa shape index (κ1) is 12.6. The number of rotatable bonds is 2. The van der Waals surface area contributed by atoms with Gasteiger partial charge in [-0.15, -0.1) is 0 Å². The molecule has 2 unspecified atom stereocenters. The molecule has 0 aromatic heterocycles. The standard InChI is InChI=1S/C16H26O3/c1-15(2)9-17-16(18-10-15)7-11-5-14(6-12(11)8-16)19-13-3-4-13/h11-14H,3-10H2,1-2H3. The fraction of sp³-hybridized carbons (Fsp3) is 1.00. The molecule has 19 heavy (non-hydrogen) atoms. The first-order valence-electron chi connectivity index (χ1n) is 7.97. The summed E-state index contributed by atoms with van der Waals surface area (Å²) in [6, 6.07) is 0. The van der Waals surface area contributed by atoms with Gasteiger partial charge in [0.15, 0.2) is 5.79 Å². The average Bonchev–Trinajstić information content (AvgIpc) is 2.98. The van der Waals surface area contributed by atoms with Crippen molar-refractivity contribution >= 4 is 0 Å². The Balaban J connectivity index is 1.35. The van der Waals surface area contributed by atoms with Gasteiger partial charge < -0.3 is 14.2 Å². The Kier molecular flexibility index (Phi) is 2.78. The van der Waals surface area contributed by atoms with Gasteiger partial charge >= 0.3 is 0 Å². The summed E-state index contributed by atoms with van der Waals surface area (Å²) in [5.41, 5.74) is 0.181. The van der Waals surface area contributed by atoms with E-state index < -0.39 is 0 Å². The number of ether oxygens (including phenoxy) is 3. The summed E-state index contributed by atoms with van der Waals surface area (Å²) in [4.78, 5) is 0. The van der Waals surface area contributed by atoms with Crippen LogP contribution in [0.3, 0.4) is 0 Å². The molecule has 1 aliphatic heterocycles. The lowest BCUT2D eigenvalue weighted by molar-refractivity contribution is -0.297. The zero-order valence-electron chi connectivity index (χ0n) is 12.2. The van der Waals surface area contributed by atoms with Crippen LogP contribution < -0.4 is 0 Å². The van der Waals surface area contributed by atoms with Gasteiger partial charge in [-0.3, -0.25) is 0 Å². The Morgan fingerprint density at radius 1 is 0.895 bits per heavy atom. The molecule has 2 atom stereocenters. The van der Waals surface area contributed by atoms with Crippen molar-refractivity contribution in [1.82, 2.24) is 0 Å². The molecule has 1 saturated heterocycles. The molecule has 3 aliphatic carbocycles. The predicted molar refractivity (Wildman–Crippen MR) is 71.8 cm³/mol. The summed E-state index contributed by atoms with van der Waals surface area (Å²) in [7, 11) is 0. The molecule has 4 aliphatic rings. The highest BCUT2D eigenvalue weighted by atomic mass is 16.7. The normalized spacial score (nSPS) is 43.6. The van der Waals surface area contributed by atoms with E-state index >= 15 is 0 Å². The van der Waals surface area contributed by atoms with Crippen LogP contribution in [0.5, 0.6) is 0 Å². The van der Waals surface area contributed by atoms with Gasteiger partial charge in [0.25, 0.3) is 0 Å². The van der Waals surface area contributed by atoms with Crippen molar-refractivity contribution in [3.63, 3.8) is 0 Å². The molecular formula is C16H26O3. The van der Waals surface area contributed by atoms with Crippen molar-refractivity contribution in [2.75, 3.05) is 13.2 Å². The highest BCUT2D eigenvalue weighted by Crippen LogP contribution is 2.53. The van der Waals surface area contributed by atoms with Crippen LogP contribution in [-0.2, 0) is 14.2 Å². The molecule has 1 heterocycles. The van der Waals surface area contributed by atoms with Crippen molar-refractivity contribution in [3.8, 4) is 0 Å². The van der Waals surface area contributed by atoms with Crippen molar-refractivity contribution < 1.29 is 14.2 Å². The van der Waals surface area contributed by atoms with Crippen molar-refractivity contribution in [2.45, 2.75) is 70.4 Å².